The van der Waals surface area contributed by atoms with Crippen LogP contribution in [0.5, 0.6) is 5.75 Å². The van der Waals surface area contributed by atoms with Gasteiger partial charge in [-0.15, -0.1) is 0 Å². The van der Waals surface area contributed by atoms with Crippen molar-refractivity contribution in [1.29, 1.82) is 5.41 Å². The topological polar surface area (TPSA) is 95.0 Å². The third-order valence-electron chi connectivity index (χ3n) is 3.42. The summed E-state index contributed by atoms with van der Waals surface area (Å²) in [4.78, 5) is 7.59. The molecule has 4 N–H and O–H groups in total. The van der Waals surface area contributed by atoms with E-state index in [-0.39, 0.29) is 0 Å². The molecule has 7 heteroatoms. The van der Waals surface area contributed by atoms with Crippen molar-refractivity contribution in [3.63, 3.8) is 0 Å². The number of aromatic nitrogens is 2. The van der Waals surface area contributed by atoms with Crippen LogP contribution in [-0.4, -0.2) is 23.5 Å². The number of nitrogens with zero attached hydrogens (tertiary/aromatic N) is 1. The number of H-pyrrole nitrogens is 1. The summed E-state index contributed by atoms with van der Waals surface area (Å²) in [5.41, 5.74) is 9.36. The Balaban J connectivity index is 1.75. The van der Waals surface area contributed by atoms with Gasteiger partial charge < -0.3 is 14.5 Å². The van der Waals surface area contributed by atoms with Crippen LogP contribution in [0.25, 0.3) is 16.8 Å². The zero-order valence-electron chi connectivity index (χ0n) is 13.1. The minimum atomic E-state index is 0.346. The Bertz CT molecular complexity index is 855. The number of aromatic amines is 1. The molecule has 3 aromatic rings. The summed E-state index contributed by atoms with van der Waals surface area (Å²) in [6.07, 6.45) is 0.830. The highest BCUT2D eigenvalue weighted by atomic mass is 16.5. The predicted molar refractivity (Wildman–Crippen MR) is 95.2 cm³/mol. The first-order valence-corrected chi connectivity index (χ1v) is 7.21. The summed E-state index contributed by atoms with van der Waals surface area (Å²) in [7, 11) is 1.56. The van der Waals surface area contributed by atoms with E-state index < -0.39 is 0 Å². The quantitative estimate of drug-likeness (QED) is 0.231. The number of rotatable bonds is 7. The van der Waals surface area contributed by atoms with Crippen molar-refractivity contribution in [1.82, 2.24) is 9.97 Å². The maximum atomic E-state index is 6.98. The van der Waals surface area contributed by atoms with Gasteiger partial charge in [-0.1, -0.05) is 18.7 Å². The van der Waals surface area contributed by atoms with Crippen molar-refractivity contribution in [2.24, 2.45) is 0 Å². The molecule has 0 saturated heterocycles. The Morgan fingerprint density at radius 2 is 2.08 bits per heavy atom. The lowest BCUT2D eigenvalue weighted by molar-refractivity contribution is 0.409. The van der Waals surface area contributed by atoms with Crippen molar-refractivity contribution in [2.45, 2.75) is 0 Å². The lowest BCUT2D eigenvalue weighted by atomic mass is 10.1. The highest BCUT2D eigenvalue weighted by Crippen LogP contribution is 2.28. The van der Waals surface area contributed by atoms with Gasteiger partial charge in [0.2, 0.25) is 5.95 Å². The summed E-state index contributed by atoms with van der Waals surface area (Å²) >= 11 is 0. The standard InChI is InChI=1S/C17H17N5O2/c1-11(24-10-18)13-8-7-12(9-16(13)23-2)21-22-17-19-14-5-3-4-6-15(14)20-17/h3-10,18,21H,1H2,2H3,(H2,19,20,22). The monoisotopic (exact) mass is 323 g/mol. The summed E-state index contributed by atoms with van der Waals surface area (Å²) in [6, 6.07) is 13.2. The third kappa shape index (κ3) is 3.14. The molecule has 0 amide bonds. The summed E-state index contributed by atoms with van der Waals surface area (Å²) < 4.78 is 10.3. The molecule has 0 aliphatic heterocycles. The van der Waals surface area contributed by atoms with E-state index in [9.17, 15) is 0 Å². The summed E-state index contributed by atoms with van der Waals surface area (Å²) in [6.45, 7) is 3.77. The fraction of sp³-hybridized carbons (Fsp3) is 0.0588. The lowest BCUT2D eigenvalue weighted by Gasteiger charge is -2.13. The van der Waals surface area contributed by atoms with Gasteiger partial charge >= 0.3 is 0 Å². The molecule has 122 valence electrons. The summed E-state index contributed by atoms with van der Waals surface area (Å²) in [5.74, 6) is 1.53. The van der Waals surface area contributed by atoms with Crippen LogP contribution >= 0.6 is 0 Å². The number of hydrazine groups is 1. The van der Waals surface area contributed by atoms with Crippen LogP contribution in [0, 0.1) is 5.41 Å². The molecule has 0 radical (unpaired) electrons. The van der Waals surface area contributed by atoms with Crippen molar-refractivity contribution in [3.8, 4) is 5.75 Å². The number of imidazole rings is 1. The number of hydrogen-bond acceptors (Lipinski definition) is 6. The SMILES string of the molecule is C=C(OC=N)c1ccc(NNc2nc3ccccc3[nH]2)cc1OC. The minimum absolute atomic E-state index is 0.346. The number of nitrogens with one attached hydrogen (secondary N) is 4. The van der Waals surface area contributed by atoms with Gasteiger partial charge in [-0.3, -0.25) is 16.3 Å². The van der Waals surface area contributed by atoms with Crippen molar-refractivity contribution in [3.05, 3.63) is 54.6 Å². The second-order valence-corrected chi connectivity index (χ2v) is 4.93. The number of ether oxygens (including phenoxy) is 2. The highest BCUT2D eigenvalue weighted by Gasteiger charge is 2.09. The Morgan fingerprint density at radius 3 is 2.83 bits per heavy atom. The number of anilines is 2. The largest absolute Gasteiger partial charge is 0.496 e. The molecule has 3 rings (SSSR count). The molecule has 0 aliphatic carbocycles. The lowest BCUT2D eigenvalue weighted by Crippen LogP contribution is -2.10. The third-order valence-corrected chi connectivity index (χ3v) is 3.42. The van der Waals surface area contributed by atoms with Gasteiger partial charge in [-0.25, -0.2) is 4.98 Å². The van der Waals surface area contributed by atoms with E-state index in [2.05, 4.69) is 27.4 Å². The van der Waals surface area contributed by atoms with Crippen LogP contribution in [0.4, 0.5) is 11.6 Å². The van der Waals surface area contributed by atoms with E-state index in [0.717, 1.165) is 23.1 Å². The zero-order chi connectivity index (χ0) is 16.9. The Kier molecular flexibility index (Phi) is 4.33. The van der Waals surface area contributed by atoms with E-state index in [4.69, 9.17) is 14.9 Å². The first kappa shape index (κ1) is 15.4. The Hall–Kier alpha value is -3.48. The molecule has 0 spiro atoms. The van der Waals surface area contributed by atoms with E-state index in [1.165, 1.54) is 0 Å². The normalized spacial score (nSPS) is 10.2. The minimum Gasteiger partial charge on any atom is -0.496 e. The molecular formula is C17H17N5O2. The van der Waals surface area contributed by atoms with Crippen LogP contribution in [0.1, 0.15) is 5.56 Å². The molecule has 0 atom stereocenters. The molecular weight excluding hydrogens is 306 g/mol. The van der Waals surface area contributed by atoms with E-state index in [1.807, 2.05) is 30.3 Å². The molecule has 2 aromatic carbocycles. The number of fused-ring (bicyclic) bond motifs is 1. The van der Waals surface area contributed by atoms with Gasteiger partial charge in [0.05, 0.1) is 29.4 Å². The van der Waals surface area contributed by atoms with Crippen molar-refractivity contribution < 1.29 is 9.47 Å². The number of benzene rings is 2. The average molecular weight is 323 g/mol. The zero-order valence-corrected chi connectivity index (χ0v) is 13.1. The maximum Gasteiger partial charge on any atom is 0.220 e. The number of methoxy groups -OCH3 is 1. The molecule has 0 bridgehead atoms. The average Bonchev–Trinajstić information content (AvgIpc) is 3.02. The first-order chi connectivity index (χ1) is 11.7. The molecule has 7 nitrogen and oxygen atoms in total. The fourth-order valence-corrected chi connectivity index (χ4v) is 2.28. The van der Waals surface area contributed by atoms with Gasteiger partial charge in [0.15, 0.2) is 6.40 Å². The second kappa shape index (κ2) is 6.74. The summed E-state index contributed by atoms with van der Waals surface area (Å²) in [5, 5.41) is 6.98. The van der Waals surface area contributed by atoms with Crippen LogP contribution < -0.4 is 15.6 Å². The number of para-hydroxylation sites is 2. The van der Waals surface area contributed by atoms with Gasteiger partial charge in [-0.2, -0.15) is 0 Å². The van der Waals surface area contributed by atoms with Gasteiger partial charge in [0.25, 0.3) is 0 Å². The van der Waals surface area contributed by atoms with E-state index in [1.54, 1.807) is 19.2 Å². The molecule has 1 aromatic heterocycles. The molecule has 0 unspecified atom stereocenters. The van der Waals surface area contributed by atoms with Crippen LogP contribution in [0.2, 0.25) is 0 Å². The van der Waals surface area contributed by atoms with Crippen molar-refractivity contribution in [2.75, 3.05) is 18.0 Å². The Morgan fingerprint density at radius 1 is 1.25 bits per heavy atom. The number of hydrogen-bond donors (Lipinski definition) is 4. The second-order valence-electron chi connectivity index (χ2n) is 4.93. The first-order valence-electron chi connectivity index (χ1n) is 7.21. The van der Waals surface area contributed by atoms with Crippen LogP contribution in [0.3, 0.4) is 0 Å². The van der Waals surface area contributed by atoms with Crippen molar-refractivity contribution >= 4 is 34.8 Å². The molecule has 0 aliphatic rings. The van der Waals surface area contributed by atoms with Gasteiger partial charge in [0.1, 0.15) is 11.5 Å². The predicted octanol–water partition coefficient (Wildman–Crippen LogP) is 3.60. The molecule has 0 fully saturated rings. The van der Waals surface area contributed by atoms with Gasteiger partial charge in [-0.05, 0) is 24.3 Å². The molecule has 24 heavy (non-hydrogen) atoms. The van der Waals surface area contributed by atoms with E-state index >= 15 is 0 Å². The van der Waals surface area contributed by atoms with Gasteiger partial charge in [0, 0.05) is 6.07 Å². The highest BCUT2D eigenvalue weighted by molar-refractivity contribution is 5.77. The maximum absolute atomic E-state index is 6.98. The molecule has 0 saturated carbocycles. The van der Waals surface area contributed by atoms with E-state index in [0.29, 0.717) is 23.0 Å². The van der Waals surface area contributed by atoms with Crippen LogP contribution in [0.15, 0.2) is 49.0 Å². The Labute approximate surface area is 138 Å². The van der Waals surface area contributed by atoms with Crippen LogP contribution in [-0.2, 0) is 4.74 Å². The smallest absolute Gasteiger partial charge is 0.220 e. The fourth-order valence-electron chi connectivity index (χ4n) is 2.28. The molecule has 1 heterocycles.